The highest BCUT2D eigenvalue weighted by molar-refractivity contribution is 5.91. The molecule has 0 unspecified atom stereocenters. The fraction of sp³-hybridized carbons (Fsp3) is 0.357. The predicted octanol–water partition coefficient (Wildman–Crippen LogP) is 2.42. The first-order chi connectivity index (χ1) is 8.25. The maximum Gasteiger partial charge on any atom is 0.246 e. The van der Waals surface area contributed by atoms with E-state index in [4.69, 9.17) is 5.11 Å². The number of rotatable bonds is 2. The predicted molar refractivity (Wildman–Crippen MR) is 67.6 cm³/mol. The van der Waals surface area contributed by atoms with Gasteiger partial charge in [0, 0.05) is 19.2 Å². The molecule has 1 aliphatic rings. The van der Waals surface area contributed by atoms with Crippen LogP contribution >= 0.6 is 0 Å². The number of aromatic hydroxyl groups is 1. The average molecular weight is 231 g/mol. The van der Waals surface area contributed by atoms with Crippen molar-refractivity contribution in [3.63, 3.8) is 0 Å². The Labute approximate surface area is 101 Å². The lowest BCUT2D eigenvalue weighted by molar-refractivity contribution is -0.126. The van der Waals surface area contributed by atoms with Gasteiger partial charge in [0.2, 0.25) is 5.91 Å². The van der Waals surface area contributed by atoms with Crippen molar-refractivity contribution in [1.82, 2.24) is 4.90 Å². The summed E-state index contributed by atoms with van der Waals surface area (Å²) in [5, 5.41) is 9.14. The first-order valence-corrected chi connectivity index (χ1v) is 6.02. The zero-order valence-corrected chi connectivity index (χ0v) is 9.80. The van der Waals surface area contributed by atoms with Gasteiger partial charge >= 0.3 is 0 Å². The van der Waals surface area contributed by atoms with Crippen molar-refractivity contribution in [2.24, 2.45) is 0 Å². The van der Waals surface area contributed by atoms with Gasteiger partial charge < -0.3 is 10.0 Å². The smallest absolute Gasteiger partial charge is 0.246 e. The van der Waals surface area contributed by atoms with Gasteiger partial charge in [-0.15, -0.1) is 0 Å². The highest BCUT2D eigenvalue weighted by Crippen LogP contribution is 2.12. The molecule has 1 amide bonds. The topological polar surface area (TPSA) is 40.5 Å². The maximum absolute atomic E-state index is 11.8. The van der Waals surface area contributed by atoms with E-state index in [1.807, 2.05) is 4.90 Å². The molecule has 90 valence electrons. The van der Waals surface area contributed by atoms with Crippen LogP contribution in [0.25, 0.3) is 6.08 Å². The number of piperidine rings is 1. The van der Waals surface area contributed by atoms with Crippen LogP contribution < -0.4 is 0 Å². The van der Waals surface area contributed by atoms with Crippen LogP contribution in [0.1, 0.15) is 24.8 Å². The molecule has 0 atom stereocenters. The lowest BCUT2D eigenvalue weighted by Gasteiger charge is -2.25. The van der Waals surface area contributed by atoms with Crippen molar-refractivity contribution in [2.75, 3.05) is 13.1 Å². The largest absolute Gasteiger partial charge is 0.508 e. The average Bonchev–Trinajstić information content (AvgIpc) is 2.39. The Bertz CT molecular complexity index is 403. The molecule has 1 saturated heterocycles. The summed E-state index contributed by atoms with van der Waals surface area (Å²) in [5.41, 5.74) is 0.924. The monoisotopic (exact) mass is 231 g/mol. The molecule has 3 heteroatoms. The van der Waals surface area contributed by atoms with E-state index >= 15 is 0 Å². The molecule has 0 saturated carbocycles. The molecule has 2 rings (SSSR count). The van der Waals surface area contributed by atoms with Crippen molar-refractivity contribution in [1.29, 1.82) is 0 Å². The van der Waals surface area contributed by atoms with Crippen LogP contribution in [-0.4, -0.2) is 29.0 Å². The fourth-order valence-corrected chi connectivity index (χ4v) is 1.97. The molecule has 17 heavy (non-hydrogen) atoms. The number of benzene rings is 1. The molecule has 3 nitrogen and oxygen atoms in total. The number of carbonyl (C=O) groups excluding carboxylic acids is 1. The summed E-state index contributed by atoms with van der Waals surface area (Å²) in [4.78, 5) is 13.7. The van der Waals surface area contributed by atoms with Crippen LogP contribution in [0.3, 0.4) is 0 Å². The van der Waals surface area contributed by atoms with Crippen LogP contribution in [0, 0.1) is 0 Å². The fourth-order valence-electron chi connectivity index (χ4n) is 1.97. The maximum atomic E-state index is 11.8. The Hall–Kier alpha value is -1.77. The van der Waals surface area contributed by atoms with E-state index in [0.717, 1.165) is 31.5 Å². The summed E-state index contributed by atoms with van der Waals surface area (Å²) in [6.07, 6.45) is 6.84. The van der Waals surface area contributed by atoms with E-state index < -0.39 is 0 Å². The van der Waals surface area contributed by atoms with Crippen molar-refractivity contribution in [2.45, 2.75) is 19.3 Å². The van der Waals surface area contributed by atoms with Gasteiger partial charge in [-0.2, -0.15) is 0 Å². The molecule has 0 aliphatic carbocycles. The third-order valence-electron chi connectivity index (χ3n) is 2.98. The molecule has 0 bridgehead atoms. The number of phenols is 1. The van der Waals surface area contributed by atoms with Gasteiger partial charge in [0.05, 0.1) is 0 Å². The third kappa shape index (κ3) is 3.34. The molecule has 0 radical (unpaired) electrons. The van der Waals surface area contributed by atoms with Gasteiger partial charge in [-0.05, 0) is 43.0 Å². The zero-order valence-electron chi connectivity index (χ0n) is 9.80. The third-order valence-corrected chi connectivity index (χ3v) is 2.98. The van der Waals surface area contributed by atoms with E-state index in [-0.39, 0.29) is 11.7 Å². The SMILES string of the molecule is O=C(C=Cc1ccc(O)cc1)N1CCCCC1. The lowest BCUT2D eigenvalue weighted by Crippen LogP contribution is -2.34. The molecule has 1 heterocycles. The molecule has 0 spiro atoms. The molecular formula is C14H17NO2. The Morgan fingerprint density at radius 2 is 1.76 bits per heavy atom. The van der Waals surface area contributed by atoms with Gasteiger partial charge in [0.25, 0.3) is 0 Å². The Morgan fingerprint density at radius 3 is 2.41 bits per heavy atom. The number of carbonyl (C=O) groups is 1. The number of nitrogens with zero attached hydrogens (tertiary/aromatic N) is 1. The second kappa shape index (κ2) is 5.53. The number of likely N-dealkylation sites (tertiary alicyclic amines) is 1. The Balaban J connectivity index is 1.95. The number of phenolic OH excluding ortho intramolecular Hbond substituents is 1. The highest BCUT2D eigenvalue weighted by atomic mass is 16.3. The van der Waals surface area contributed by atoms with E-state index in [0.29, 0.717) is 0 Å². The van der Waals surface area contributed by atoms with Gasteiger partial charge in [-0.3, -0.25) is 4.79 Å². The summed E-state index contributed by atoms with van der Waals surface area (Å²) >= 11 is 0. The first-order valence-electron chi connectivity index (χ1n) is 6.02. The summed E-state index contributed by atoms with van der Waals surface area (Å²) in [6, 6.07) is 6.81. The van der Waals surface area contributed by atoms with Crippen molar-refractivity contribution in [3.8, 4) is 5.75 Å². The minimum Gasteiger partial charge on any atom is -0.508 e. The van der Waals surface area contributed by atoms with Crippen molar-refractivity contribution in [3.05, 3.63) is 35.9 Å². The quantitative estimate of drug-likeness (QED) is 0.794. The lowest BCUT2D eigenvalue weighted by atomic mass is 10.1. The summed E-state index contributed by atoms with van der Waals surface area (Å²) < 4.78 is 0. The Kier molecular flexibility index (Phi) is 3.81. The summed E-state index contributed by atoms with van der Waals surface area (Å²) in [7, 11) is 0. The highest BCUT2D eigenvalue weighted by Gasteiger charge is 2.13. The van der Waals surface area contributed by atoms with Crippen LogP contribution in [0.4, 0.5) is 0 Å². The summed E-state index contributed by atoms with van der Waals surface area (Å²) in [5.74, 6) is 0.322. The summed E-state index contributed by atoms with van der Waals surface area (Å²) in [6.45, 7) is 1.75. The van der Waals surface area contributed by atoms with Gasteiger partial charge in [0.15, 0.2) is 0 Å². The van der Waals surface area contributed by atoms with Gasteiger partial charge in [-0.1, -0.05) is 12.1 Å². The normalized spacial score (nSPS) is 16.4. The molecule has 1 N–H and O–H groups in total. The molecule has 1 fully saturated rings. The Morgan fingerprint density at radius 1 is 1.12 bits per heavy atom. The molecule has 0 aromatic heterocycles. The zero-order chi connectivity index (χ0) is 12.1. The molecule has 1 aromatic rings. The van der Waals surface area contributed by atoms with E-state index in [1.165, 1.54) is 6.42 Å². The molecule has 1 aromatic carbocycles. The number of hydrogen-bond donors (Lipinski definition) is 1. The molecular weight excluding hydrogens is 214 g/mol. The van der Waals surface area contributed by atoms with Crippen LogP contribution in [0.15, 0.2) is 30.3 Å². The minimum absolute atomic E-state index is 0.0813. The second-order valence-electron chi connectivity index (χ2n) is 4.31. The molecule has 1 aliphatic heterocycles. The first kappa shape index (κ1) is 11.7. The number of amides is 1. The van der Waals surface area contributed by atoms with Crippen molar-refractivity contribution >= 4 is 12.0 Å². The second-order valence-corrected chi connectivity index (χ2v) is 4.31. The van der Waals surface area contributed by atoms with E-state index in [2.05, 4.69) is 0 Å². The van der Waals surface area contributed by atoms with Gasteiger partial charge in [-0.25, -0.2) is 0 Å². The van der Waals surface area contributed by atoms with E-state index in [9.17, 15) is 4.79 Å². The van der Waals surface area contributed by atoms with Gasteiger partial charge in [0.1, 0.15) is 5.75 Å². The number of hydrogen-bond acceptors (Lipinski definition) is 2. The van der Waals surface area contributed by atoms with Crippen molar-refractivity contribution < 1.29 is 9.90 Å². The van der Waals surface area contributed by atoms with E-state index in [1.54, 1.807) is 36.4 Å². The standard InChI is InChI=1S/C14H17NO2/c16-13-7-4-12(5-8-13)6-9-14(17)15-10-2-1-3-11-15/h4-9,16H,1-3,10-11H2. The van der Waals surface area contributed by atoms with Crippen LogP contribution in [0.5, 0.6) is 5.75 Å². The van der Waals surface area contributed by atoms with Crippen LogP contribution in [0.2, 0.25) is 0 Å². The van der Waals surface area contributed by atoms with Crippen LogP contribution in [-0.2, 0) is 4.79 Å². The minimum atomic E-state index is 0.0813.